The van der Waals surface area contributed by atoms with Crippen molar-refractivity contribution in [3.63, 3.8) is 0 Å². The van der Waals surface area contributed by atoms with Gasteiger partial charge in [-0.25, -0.2) is 0 Å². The van der Waals surface area contributed by atoms with Crippen LogP contribution in [0.4, 0.5) is 33.6 Å². The Labute approximate surface area is 296 Å². The highest BCUT2D eigenvalue weighted by molar-refractivity contribution is 7.80. The molecule has 1 aliphatic carbocycles. The van der Waals surface area contributed by atoms with Crippen molar-refractivity contribution in [3.8, 4) is 22.8 Å². The van der Waals surface area contributed by atoms with Gasteiger partial charge >= 0.3 is 12.3 Å². The van der Waals surface area contributed by atoms with E-state index in [1.165, 1.54) is 22.4 Å². The number of aromatic nitrogens is 3. The molecule has 3 aromatic carbocycles. The summed E-state index contributed by atoms with van der Waals surface area (Å²) in [6.45, 7) is 4.40. The summed E-state index contributed by atoms with van der Waals surface area (Å²) in [6, 6.07) is 18.7. The van der Waals surface area contributed by atoms with Crippen LogP contribution in [-0.4, -0.2) is 71.9 Å². The van der Waals surface area contributed by atoms with E-state index in [-0.39, 0.29) is 6.54 Å². The lowest BCUT2D eigenvalue weighted by molar-refractivity contribution is -0.360. The maximum absolute atomic E-state index is 13.4. The molecular weight excluding hydrogens is 695 g/mol. The standard InChI is InChI=1S/C35H37F5N6O4S/c1-21-3-4-25(20-47-2)29(17-21)43-33(51)41-14-13-24-18-28(24)22-5-7-23(8-6-22)31-44-32(42-19-30-48-15-16-49-30)46(45-31)26-9-11-27(12-10-26)50-35(39,40)34(36,37)38/h3-12,17,24,28,30H,13-16,18-20H2,1-2H3,(H2,41,43,51)(H,42,44,45). The molecule has 1 saturated heterocycles. The highest BCUT2D eigenvalue weighted by atomic mass is 32.1. The van der Waals surface area contributed by atoms with Gasteiger partial charge in [-0.3, -0.25) is 0 Å². The molecule has 2 atom stereocenters. The molecule has 3 N–H and O–H groups in total. The van der Waals surface area contributed by atoms with E-state index >= 15 is 0 Å². The number of halogens is 5. The number of hydrogen-bond donors (Lipinski definition) is 3. The van der Waals surface area contributed by atoms with Gasteiger partial charge in [0.15, 0.2) is 17.2 Å². The van der Waals surface area contributed by atoms with Gasteiger partial charge < -0.3 is 34.9 Å². The minimum absolute atomic E-state index is 0.246. The van der Waals surface area contributed by atoms with Crippen molar-refractivity contribution in [1.82, 2.24) is 20.1 Å². The molecule has 1 aromatic heterocycles. The summed E-state index contributed by atoms with van der Waals surface area (Å²) >= 11 is 5.54. The lowest BCUT2D eigenvalue weighted by Crippen LogP contribution is -2.41. The van der Waals surface area contributed by atoms with Gasteiger partial charge in [0, 0.05) is 30.5 Å². The Kier molecular flexibility index (Phi) is 11.0. The molecule has 4 aromatic rings. The van der Waals surface area contributed by atoms with Crippen molar-refractivity contribution in [3.05, 3.63) is 83.4 Å². The SMILES string of the molecule is COCc1ccc(C)cc1NC(=S)NCCC1CC1c1ccc(-c2nc(NCC3OCCO3)n(-c3ccc(OC(F)(F)C(F)(F)F)cc3)n2)cc1. The summed E-state index contributed by atoms with van der Waals surface area (Å²) in [6.07, 6.45) is -9.68. The second-order valence-electron chi connectivity index (χ2n) is 12.3. The number of hydrogen-bond acceptors (Lipinski definition) is 8. The van der Waals surface area contributed by atoms with Crippen molar-refractivity contribution < 1.29 is 40.9 Å². The Bertz CT molecular complexity index is 1800. The first-order valence-electron chi connectivity index (χ1n) is 16.3. The van der Waals surface area contributed by atoms with Crippen LogP contribution in [0.1, 0.15) is 35.4 Å². The van der Waals surface area contributed by atoms with E-state index in [1.54, 1.807) is 7.11 Å². The molecule has 6 rings (SSSR count). The molecule has 10 nitrogen and oxygen atoms in total. The zero-order chi connectivity index (χ0) is 36.2. The van der Waals surface area contributed by atoms with Gasteiger partial charge in [-0.05, 0) is 85.3 Å². The normalized spacial score (nSPS) is 17.7. The molecule has 0 spiro atoms. The highest BCUT2D eigenvalue weighted by Gasteiger charge is 2.61. The molecule has 272 valence electrons. The van der Waals surface area contributed by atoms with Crippen LogP contribution in [0.2, 0.25) is 0 Å². The van der Waals surface area contributed by atoms with Crippen LogP contribution in [0.3, 0.4) is 0 Å². The van der Waals surface area contributed by atoms with Crippen molar-refractivity contribution in [2.24, 2.45) is 5.92 Å². The third-order valence-corrected chi connectivity index (χ3v) is 8.76. The Morgan fingerprint density at radius 3 is 2.41 bits per heavy atom. The van der Waals surface area contributed by atoms with Crippen LogP contribution in [0.15, 0.2) is 66.7 Å². The van der Waals surface area contributed by atoms with Crippen LogP contribution in [0, 0.1) is 12.8 Å². The molecule has 51 heavy (non-hydrogen) atoms. The molecule has 2 unspecified atom stereocenters. The van der Waals surface area contributed by atoms with E-state index in [9.17, 15) is 22.0 Å². The van der Waals surface area contributed by atoms with E-state index in [2.05, 4.69) is 42.9 Å². The number of benzene rings is 3. The summed E-state index contributed by atoms with van der Waals surface area (Å²) in [5, 5.41) is 14.9. The minimum atomic E-state index is -5.86. The molecule has 2 fully saturated rings. The highest BCUT2D eigenvalue weighted by Crippen LogP contribution is 2.49. The van der Waals surface area contributed by atoms with E-state index in [1.807, 2.05) is 37.3 Å². The molecule has 1 saturated carbocycles. The van der Waals surface area contributed by atoms with Crippen molar-refractivity contribution in [2.45, 2.75) is 50.9 Å². The lowest BCUT2D eigenvalue weighted by atomic mass is 10.1. The number of methoxy groups -OCH3 is 1. The molecule has 2 aliphatic rings. The molecule has 0 amide bonds. The number of anilines is 2. The molecule has 0 bridgehead atoms. The Morgan fingerprint density at radius 2 is 1.73 bits per heavy atom. The van der Waals surface area contributed by atoms with Crippen molar-refractivity contribution >= 4 is 29.0 Å². The van der Waals surface area contributed by atoms with Crippen molar-refractivity contribution in [2.75, 3.05) is 44.0 Å². The minimum Gasteiger partial charge on any atom is -0.426 e. The maximum Gasteiger partial charge on any atom is 0.499 e. The Morgan fingerprint density at radius 1 is 1.00 bits per heavy atom. The largest absolute Gasteiger partial charge is 0.499 e. The molecule has 0 radical (unpaired) electrons. The number of nitrogens with one attached hydrogen (secondary N) is 3. The second kappa shape index (κ2) is 15.5. The average Bonchev–Trinajstić information content (AvgIpc) is 3.44. The summed E-state index contributed by atoms with van der Waals surface area (Å²) in [4.78, 5) is 4.64. The monoisotopic (exact) mass is 732 g/mol. The van der Waals surface area contributed by atoms with Crippen LogP contribution in [0.5, 0.6) is 5.75 Å². The lowest BCUT2D eigenvalue weighted by Gasteiger charge is -2.20. The summed E-state index contributed by atoms with van der Waals surface area (Å²) < 4.78 is 86.3. The zero-order valence-corrected chi connectivity index (χ0v) is 28.6. The molecule has 2 heterocycles. The van der Waals surface area contributed by atoms with E-state index in [0.29, 0.717) is 54.2 Å². The Balaban J connectivity index is 1.08. The third kappa shape index (κ3) is 9.11. The Hall–Kier alpha value is -4.38. The van der Waals surface area contributed by atoms with Gasteiger partial charge in [-0.2, -0.15) is 31.6 Å². The first-order valence-corrected chi connectivity index (χ1v) is 16.7. The third-order valence-electron chi connectivity index (χ3n) is 8.52. The fourth-order valence-electron chi connectivity index (χ4n) is 5.77. The summed E-state index contributed by atoms with van der Waals surface area (Å²) in [5.74, 6) is 0.951. The second-order valence-corrected chi connectivity index (χ2v) is 12.7. The molecular formula is C35H37F5N6O4S. The topological polar surface area (TPSA) is 104 Å². The van der Waals surface area contributed by atoms with Gasteiger partial charge in [-0.15, -0.1) is 5.10 Å². The number of nitrogens with zero attached hydrogens (tertiary/aromatic N) is 3. The number of rotatable bonds is 14. The number of aryl methyl sites for hydroxylation is 1. The van der Waals surface area contributed by atoms with Crippen LogP contribution >= 0.6 is 12.2 Å². The molecule has 16 heteroatoms. The first-order chi connectivity index (χ1) is 24.4. The van der Waals surface area contributed by atoms with Gasteiger partial charge in [0.2, 0.25) is 5.95 Å². The number of ether oxygens (including phenoxy) is 4. The van der Waals surface area contributed by atoms with E-state index in [0.717, 1.165) is 53.9 Å². The average molecular weight is 733 g/mol. The van der Waals surface area contributed by atoms with Crippen LogP contribution in [0.25, 0.3) is 17.1 Å². The fourth-order valence-corrected chi connectivity index (χ4v) is 5.98. The quantitative estimate of drug-likeness (QED) is 0.0913. The predicted octanol–water partition coefficient (Wildman–Crippen LogP) is 7.19. The van der Waals surface area contributed by atoms with Crippen molar-refractivity contribution in [1.29, 1.82) is 0 Å². The van der Waals surface area contributed by atoms with Gasteiger partial charge in [0.1, 0.15) is 5.75 Å². The summed E-state index contributed by atoms with van der Waals surface area (Å²) in [7, 11) is 1.66. The maximum atomic E-state index is 13.4. The van der Waals surface area contributed by atoms with Gasteiger partial charge in [0.25, 0.3) is 0 Å². The number of alkyl halides is 5. The first kappa shape index (κ1) is 36.4. The van der Waals surface area contributed by atoms with Crippen LogP contribution in [-0.2, 0) is 20.8 Å². The number of thiocarbonyl (C=S) groups is 1. The summed E-state index contributed by atoms with van der Waals surface area (Å²) in [5.41, 5.74) is 5.37. The molecule has 1 aliphatic heterocycles. The predicted molar refractivity (Wildman–Crippen MR) is 184 cm³/mol. The zero-order valence-electron chi connectivity index (χ0n) is 27.8. The van der Waals surface area contributed by atoms with Gasteiger partial charge in [0.05, 0.1) is 32.1 Å². The van der Waals surface area contributed by atoms with E-state index in [4.69, 9.17) is 26.4 Å². The van der Waals surface area contributed by atoms with Gasteiger partial charge in [-0.1, -0.05) is 36.4 Å². The smallest absolute Gasteiger partial charge is 0.426 e. The van der Waals surface area contributed by atoms with Crippen LogP contribution < -0.4 is 20.7 Å². The van der Waals surface area contributed by atoms with E-state index < -0.39 is 24.3 Å². The fraction of sp³-hybridized carbons (Fsp3) is 0.400.